The Morgan fingerprint density at radius 3 is 2.05 bits per heavy atom. The largest absolute Gasteiger partial charge is 0.359 e. The summed E-state index contributed by atoms with van der Waals surface area (Å²) in [5, 5.41) is 0. The molecule has 22 heavy (non-hydrogen) atoms. The molecule has 0 aliphatic rings. The zero-order valence-electron chi connectivity index (χ0n) is 15.0. The van der Waals surface area contributed by atoms with Gasteiger partial charge in [-0.1, -0.05) is 13.0 Å². The lowest BCUT2D eigenvalue weighted by Gasteiger charge is -2.28. The molecule has 4 nitrogen and oxygen atoms in total. The first-order chi connectivity index (χ1) is 10.3. The number of aromatic nitrogens is 1. The number of hydrogen-bond acceptors (Lipinski definition) is 4. The van der Waals surface area contributed by atoms with Crippen LogP contribution in [0.25, 0.3) is 0 Å². The van der Waals surface area contributed by atoms with E-state index in [9.17, 15) is 4.39 Å². The van der Waals surface area contributed by atoms with Crippen LogP contribution in [0.3, 0.4) is 0 Å². The van der Waals surface area contributed by atoms with Crippen molar-refractivity contribution in [3.8, 4) is 0 Å². The average molecular weight is 314 g/mol. The van der Waals surface area contributed by atoms with Gasteiger partial charge in [-0.3, -0.25) is 4.90 Å². The summed E-state index contributed by atoms with van der Waals surface area (Å²) < 4.78 is 22.4. The van der Waals surface area contributed by atoms with E-state index in [4.69, 9.17) is 9.47 Å². The van der Waals surface area contributed by atoms with Crippen molar-refractivity contribution in [3.63, 3.8) is 0 Å². The van der Waals surface area contributed by atoms with Gasteiger partial charge in [-0.2, -0.15) is 4.39 Å². The molecule has 0 aromatic carbocycles. The van der Waals surface area contributed by atoms with E-state index in [-0.39, 0.29) is 12.9 Å². The topological polar surface area (TPSA) is 34.6 Å². The van der Waals surface area contributed by atoms with E-state index in [1.165, 1.54) is 12.3 Å². The molecule has 0 N–H and O–H groups in total. The maximum Gasteiger partial charge on any atom is 0.212 e. The van der Waals surface area contributed by atoms with Crippen molar-refractivity contribution in [2.24, 2.45) is 0 Å². The molecular formula is C17H31FN2O2. The van der Waals surface area contributed by atoms with Gasteiger partial charge in [0, 0.05) is 25.4 Å². The van der Waals surface area contributed by atoms with Crippen molar-refractivity contribution in [3.05, 3.63) is 29.8 Å². The van der Waals surface area contributed by atoms with Crippen LogP contribution in [0.1, 0.15) is 53.2 Å². The molecule has 1 atom stereocenters. The van der Waals surface area contributed by atoms with E-state index in [1.54, 1.807) is 13.2 Å². The Kier molecular flexibility index (Phi) is 11.0. The number of hydrogen-bond donors (Lipinski definition) is 0. The predicted octanol–water partition coefficient (Wildman–Crippen LogP) is 4.03. The molecule has 1 aromatic rings. The SMILES string of the molecule is CCN(C(C)C)C(C)C.COCOC(C)c1ccc(F)nc1. The molecule has 0 aliphatic carbocycles. The summed E-state index contributed by atoms with van der Waals surface area (Å²) in [6.07, 6.45) is 1.32. The Bertz CT molecular complexity index is 375. The van der Waals surface area contributed by atoms with E-state index in [0.717, 1.165) is 12.1 Å². The summed E-state index contributed by atoms with van der Waals surface area (Å²) in [6.45, 7) is 14.4. The van der Waals surface area contributed by atoms with E-state index in [0.29, 0.717) is 12.1 Å². The van der Waals surface area contributed by atoms with Gasteiger partial charge in [0.05, 0.1) is 6.10 Å². The van der Waals surface area contributed by atoms with Crippen LogP contribution >= 0.6 is 0 Å². The molecule has 0 saturated carbocycles. The van der Waals surface area contributed by atoms with Crippen molar-refractivity contribution in [2.45, 2.75) is 59.7 Å². The lowest BCUT2D eigenvalue weighted by molar-refractivity contribution is -0.0667. The second kappa shape index (κ2) is 11.5. The Morgan fingerprint density at radius 2 is 1.73 bits per heavy atom. The van der Waals surface area contributed by atoms with Gasteiger partial charge in [0.1, 0.15) is 6.79 Å². The first kappa shape index (κ1) is 21.0. The molecule has 1 heterocycles. The smallest absolute Gasteiger partial charge is 0.212 e. The van der Waals surface area contributed by atoms with Gasteiger partial charge in [0.2, 0.25) is 5.95 Å². The maximum atomic E-state index is 12.4. The summed E-state index contributed by atoms with van der Waals surface area (Å²) in [5.74, 6) is -0.484. The van der Waals surface area contributed by atoms with E-state index in [1.807, 2.05) is 6.92 Å². The standard InChI is InChI=1S/C9H12FNO2.C8H19N/c1-7(13-6-12-2)8-3-4-9(10)11-5-8;1-6-9(7(2)3)8(4)5/h3-5,7H,6H2,1-2H3;7-8H,6H2,1-5H3. The molecular weight excluding hydrogens is 283 g/mol. The lowest BCUT2D eigenvalue weighted by Crippen LogP contribution is -2.36. The summed E-state index contributed by atoms with van der Waals surface area (Å²) in [4.78, 5) is 5.98. The fraction of sp³-hybridized carbons (Fsp3) is 0.706. The Labute approximate surface area is 134 Å². The molecule has 0 bridgehead atoms. The minimum Gasteiger partial charge on any atom is -0.359 e. The van der Waals surface area contributed by atoms with E-state index < -0.39 is 5.95 Å². The molecule has 128 valence electrons. The van der Waals surface area contributed by atoms with Crippen molar-refractivity contribution < 1.29 is 13.9 Å². The predicted molar refractivity (Wildman–Crippen MR) is 88.2 cm³/mol. The molecule has 1 rings (SSSR count). The van der Waals surface area contributed by atoms with Gasteiger partial charge in [-0.15, -0.1) is 0 Å². The fourth-order valence-corrected chi connectivity index (χ4v) is 2.22. The van der Waals surface area contributed by atoms with Crippen molar-refractivity contribution >= 4 is 0 Å². The van der Waals surface area contributed by atoms with Gasteiger partial charge < -0.3 is 9.47 Å². The van der Waals surface area contributed by atoms with E-state index >= 15 is 0 Å². The maximum absolute atomic E-state index is 12.4. The van der Waals surface area contributed by atoms with Crippen LogP contribution in [-0.2, 0) is 9.47 Å². The second-order valence-electron chi connectivity index (χ2n) is 5.65. The van der Waals surface area contributed by atoms with Crippen molar-refractivity contribution in [2.75, 3.05) is 20.4 Å². The minimum absolute atomic E-state index is 0.131. The first-order valence-corrected chi connectivity index (χ1v) is 7.81. The zero-order valence-corrected chi connectivity index (χ0v) is 15.0. The molecule has 5 heteroatoms. The number of halogens is 1. The third kappa shape index (κ3) is 8.41. The second-order valence-corrected chi connectivity index (χ2v) is 5.65. The lowest BCUT2D eigenvalue weighted by atomic mass is 10.2. The first-order valence-electron chi connectivity index (χ1n) is 7.81. The molecule has 0 radical (unpaired) electrons. The number of methoxy groups -OCH3 is 1. The van der Waals surface area contributed by atoms with Crippen LogP contribution in [0.2, 0.25) is 0 Å². The molecule has 0 saturated heterocycles. The third-order valence-corrected chi connectivity index (χ3v) is 3.35. The highest BCUT2D eigenvalue weighted by Crippen LogP contribution is 2.14. The monoisotopic (exact) mass is 314 g/mol. The third-order valence-electron chi connectivity index (χ3n) is 3.35. The van der Waals surface area contributed by atoms with Gasteiger partial charge in [-0.25, -0.2) is 4.98 Å². The van der Waals surface area contributed by atoms with Crippen LogP contribution in [0.5, 0.6) is 0 Å². The number of nitrogens with zero attached hydrogens (tertiary/aromatic N) is 2. The Hall–Kier alpha value is -1.04. The van der Waals surface area contributed by atoms with Crippen LogP contribution < -0.4 is 0 Å². The van der Waals surface area contributed by atoms with E-state index in [2.05, 4.69) is 44.5 Å². The Balaban J connectivity index is 0.000000433. The fourth-order valence-electron chi connectivity index (χ4n) is 2.22. The van der Waals surface area contributed by atoms with Gasteiger partial charge in [0.15, 0.2) is 0 Å². The molecule has 1 aromatic heterocycles. The van der Waals surface area contributed by atoms with Crippen molar-refractivity contribution in [1.29, 1.82) is 0 Å². The summed E-state index contributed by atoms with van der Waals surface area (Å²) in [7, 11) is 1.55. The molecule has 0 spiro atoms. The minimum atomic E-state index is -0.484. The number of pyridine rings is 1. The normalized spacial score (nSPS) is 12.5. The number of ether oxygens (including phenoxy) is 2. The number of rotatable bonds is 7. The highest BCUT2D eigenvalue weighted by atomic mass is 19.1. The molecule has 0 amide bonds. The van der Waals surface area contributed by atoms with Gasteiger partial charge in [0.25, 0.3) is 0 Å². The average Bonchev–Trinajstić information content (AvgIpc) is 2.46. The molecule has 1 unspecified atom stereocenters. The summed E-state index contributed by atoms with van der Waals surface area (Å²) in [5.41, 5.74) is 0.832. The molecule has 0 aliphatic heterocycles. The summed E-state index contributed by atoms with van der Waals surface area (Å²) >= 11 is 0. The molecule has 0 fully saturated rings. The highest BCUT2D eigenvalue weighted by Gasteiger charge is 2.09. The highest BCUT2D eigenvalue weighted by molar-refractivity contribution is 5.11. The zero-order chi connectivity index (χ0) is 17.1. The van der Waals surface area contributed by atoms with Crippen LogP contribution in [0.15, 0.2) is 18.3 Å². The van der Waals surface area contributed by atoms with Gasteiger partial charge in [-0.05, 0) is 52.8 Å². The van der Waals surface area contributed by atoms with Crippen LogP contribution in [0.4, 0.5) is 4.39 Å². The Morgan fingerprint density at radius 1 is 1.14 bits per heavy atom. The van der Waals surface area contributed by atoms with Gasteiger partial charge >= 0.3 is 0 Å². The van der Waals surface area contributed by atoms with Crippen LogP contribution in [-0.4, -0.2) is 42.4 Å². The van der Waals surface area contributed by atoms with Crippen molar-refractivity contribution in [1.82, 2.24) is 9.88 Å². The van der Waals surface area contributed by atoms with Crippen LogP contribution in [0, 0.1) is 5.95 Å². The summed E-state index contributed by atoms with van der Waals surface area (Å²) in [6, 6.07) is 4.33. The quantitative estimate of drug-likeness (QED) is 0.562.